The van der Waals surface area contributed by atoms with Gasteiger partial charge in [-0.1, -0.05) is 35.3 Å². The summed E-state index contributed by atoms with van der Waals surface area (Å²) in [5, 5.41) is 7.27. The van der Waals surface area contributed by atoms with Crippen LogP contribution in [0.15, 0.2) is 53.9 Å². The highest BCUT2D eigenvalue weighted by Crippen LogP contribution is 2.32. The number of nitrogens with one attached hydrogen (secondary N) is 1. The van der Waals surface area contributed by atoms with Crippen LogP contribution in [0.4, 0.5) is 5.13 Å². The molecule has 0 radical (unpaired) electrons. The Morgan fingerprint density at radius 1 is 1.04 bits per heavy atom. The Bertz CT molecular complexity index is 1170. The van der Waals surface area contributed by atoms with Gasteiger partial charge in [0.15, 0.2) is 5.13 Å². The molecule has 0 saturated carbocycles. The summed E-state index contributed by atoms with van der Waals surface area (Å²) in [5.74, 6) is -0.238. The smallest absolute Gasteiger partial charge is 0.257 e. The van der Waals surface area contributed by atoms with E-state index >= 15 is 0 Å². The molecular formula is C20H13Cl2N3OS. The molecule has 1 amide bonds. The lowest BCUT2D eigenvalue weighted by Crippen LogP contribution is -2.11. The van der Waals surface area contributed by atoms with Crippen molar-refractivity contribution in [2.24, 2.45) is 0 Å². The topological polar surface area (TPSA) is 54.9 Å². The molecule has 7 heteroatoms. The fourth-order valence-electron chi connectivity index (χ4n) is 2.68. The van der Waals surface area contributed by atoms with Crippen molar-refractivity contribution in [3.05, 3.63) is 75.2 Å². The van der Waals surface area contributed by atoms with E-state index in [9.17, 15) is 4.79 Å². The molecule has 4 nitrogen and oxygen atoms in total. The van der Waals surface area contributed by atoms with Crippen molar-refractivity contribution < 1.29 is 4.79 Å². The summed E-state index contributed by atoms with van der Waals surface area (Å²) in [6.45, 7) is 1.92. The van der Waals surface area contributed by atoms with E-state index in [2.05, 4.69) is 15.3 Å². The van der Waals surface area contributed by atoms with Crippen molar-refractivity contribution in [1.29, 1.82) is 0 Å². The first-order valence-corrected chi connectivity index (χ1v) is 9.73. The fourth-order valence-corrected chi connectivity index (χ4v) is 3.77. The molecule has 0 bridgehead atoms. The molecule has 2 aromatic carbocycles. The van der Waals surface area contributed by atoms with Crippen molar-refractivity contribution in [3.63, 3.8) is 0 Å². The molecule has 0 unspecified atom stereocenters. The van der Waals surface area contributed by atoms with Crippen LogP contribution in [0.1, 0.15) is 16.1 Å². The first kappa shape index (κ1) is 17.9. The highest BCUT2D eigenvalue weighted by atomic mass is 35.5. The van der Waals surface area contributed by atoms with Gasteiger partial charge in [-0.25, -0.2) is 4.98 Å². The molecule has 27 heavy (non-hydrogen) atoms. The van der Waals surface area contributed by atoms with Gasteiger partial charge in [-0.05, 0) is 43.3 Å². The fraction of sp³-hybridized carbons (Fsp3) is 0.0500. The zero-order chi connectivity index (χ0) is 19.0. The van der Waals surface area contributed by atoms with Gasteiger partial charge in [0.1, 0.15) is 0 Å². The van der Waals surface area contributed by atoms with Crippen LogP contribution in [0.25, 0.3) is 22.2 Å². The molecular weight excluding hydrogens is 401 g/mol. The first-order valence-electron chi connectivity index (χ1n) is 8.09. The molecule has 2 aromatic heterocycles. The molecule has 134 valence electrons. The summed E-state index contributed by atoms with van der Waals surface area (Å²) in [6, 6.07) is 14.6. The van der Waals surface area contributed by atoms with Crippen LogP contribution in [0, 0.1) is 6.92 Å². The SMILES string of the molecule is Cc1ccc2ccc(C(=O)Nc3nc(-c4cc(Cl)ccc4Cl)cs3)cc2n1. The molecule has 0 spiro atoms. The minimum Gasteiger partial charge on any atom is -0.298 e. The number of carbonyl (C=O) groups is 1. The normalized spacial score (nSPS) is 10.9. The van der Waals surface area contributed by atoms with Gasteiger partial charge in [-0.3, -0.25) is 15.1 Å². The average molecular weight is 414 g/mol. The second-order valence-electron chi connectivity index (χ2n) is 5.98. The Morgan fingerprint density at radius 3 is 2.70 bits per heavy atom. The van der Waals surface area contributed by atoms with Crippen molar-refractivity contribution in [2.45, 2.75) is 6.92 Å². The van der Waals surface area contributed by atoms with Gasteiger partial charge in [0.25, 0.3) is 5.91 Å². The number of halogens is 2. The van der Waals surface area contributed by atoms with Crippen LogP contribution in [-0.2, 0) is 0 Å². The Kier molecular flexibility index (Phi) is 4.83. The predicted octanol–water partition coefficient (Wildman–Crippen LogP) is 6.23. The number of amides is 1. The van der Waals surface area contributed by atoms with Gasteiger partial charge in [-0.2, -0.15) is 0 Å². The van der Waals surface area contributed by atoms with Crippen LogP contribution >= 0.6 is 34.5 Å². The van der Waals surface area contributed by atoms with E-state index < -0.39 is 0 Å². The standard InChI is InChI=1S/C20H13Cl2N3OS/c1-11-2-3-12-4-5-13(8-17(12)23-11)19(26)25-20-24-18(10-27-20)15-9-14(21)6-7-16(15)22/h2-10H,1H3,(H,24,25,26). The molecule has 2 heterocycles. The summed E-state index contributed by atoms with van der Waals surface area (Å²) >= 11 is 13.6. The Labute approximate surface area is 169 Å². The van der Waals surface area contributed by atoms with E-state index in [1.807, 2.05) is 30.5 Å². The number of aromatic nitrogens is 2. The molecule has 0 fully saturated rings. The maximum atomic E-state index is 12.6. The maximum Gasteiger partial charge on any atom is 0.257 e. The van der Waals surface area contributed by atoms with Gasteiger partial charge in [0.2, 0.25) is 0 Å². The van der Waals surface area contributed by atoms with Crippen LogP contribution in [0.3, 0.4) is 0 Å². The molecule has 0 saturated heterocycles. The number of fused-ring (bicyclic) bond motifs is 1. The van der Waals surface area contributed by atoms with Gasteiger partial charge < -0.3 is 0 Å². The monoisotopic (exact) mass is 413 g/mol. The number of hydrogen-bond donors (Lipinski definition) is 1. The van der Waals surface area contributed by atoms with Crippen LogP contribution in [0.5, 0.6) is 0 Å². The second kappa shape index (κ2) is 7.27. The number of benzene rings is 2. The van der Waals surface area contributed by atoms with Crippen molar-refractivity contribution >= 4 is 56.5 Å². The third-order valence-corrected chi connectivity index (χ3v) is 5.34. The lowest BCUT2D eigenvalue weighted by molar-refractivity contribution is 0.102. The Hall–Kier alpha value is -2.47. The minimum atomic E-state index is -0.238. The van der Waals surface area contributed by atoms with E-state index in [1.54, 1.807) is 30.3 Å². The van der Waals surface area contributed by atoms with Gasteiger partial charge >= 0.3 is 0 Å². The van der Waals surface area contributed by atoms with E-state index in [4.69, 9.17) is 23.2 Å². The van der Waals surface area contributed by atoms with E-state index in [0.29, 0.717) is 26.4 Å². The number of hydrogen-bond acceptors (Lipinski definition) is 4. The number of nitrogens with zero attached hydrogens (tertiary/aromatic N) is 2. The lowest BCUT2D eigenvalue weighted by atomic mass is 10.1. The number of aryl methyl sites for hydroxylation is 1. The molecule has 0 aliphatic rings. The number of pyridine rings is 1. The highest BCUT2D eigenvalue weighted by molar-refractivity contribution is 7.14. The molecule has 0 aliphatic carbocycles. The largest absolute Gasteiger partial charge is 0.298 e. The zero-order valence-electron chi connectivity index (χ0n) is 14.2. The van der Waals surface area contributed by atoms with Crippen LogP contribution < -0.4 is 5.32 Å². The van der Waals surface area contributed by atoms with E-state index in [0.717, 1.165) is 22.2 Å². The van der Waals surface area contributed by atoms with Gasteiger partial charge in [0.05, 0.1) is 16.2 Å². The average Bonchev–Trinajstić information content (AvgIpc) is 3.11. The van der Waals surface area contributed by atoms with Crippen molar-refractivity contribution in [3.8, 4) is 11.3 Å². The quantitative estimate of drug-likeness (QED) is 0.433. The lowest BCUT2D eigenvalue weighted by Gasteiger charge is -2.04. The van der Waals surface area contributed by atoms with Crippen molar-refractivity contribution in [1.82, 2.24) is 9.97 Å². The number of thiazole rings is 1. The zero-order valence-corrected chi connectivity index (χ0v) is 16.5. The summed E-state index contributed by atoms with van der Waals surface area (Å²) in [7, 11) is 0. The molecule has 1 N–H and O–H groups in total. The molecule has 0 atom stereocenters. The third-order valence-electron chi connectivity index (χ3n) is 4.02. The number of rotatable bonds is 3. The summed E-state index contributed by atoms with van der Waals surface area (Å²) in [5.41, 5.74) is 3.61. The number of carbonyl (C=O) groups excluding carboxylic acids is 1. The van der Waals surface area contributed by atoms with E-state index in [-0.39, 0.29) is 5.91 Å². The van der Waals surface area contributed by atoms with Gasteiger partial charge in [-0.15, -0.1) is 11.3 Å². The first-order chi connectivity index (χ1) is 13.0. The molecule has 4 rings (SSSR count). The van der Waals surface area contributed by atoms with Crippen molar-refractivity contribution in [2.75, 3.05) is 5.32 Å². The van der Waals surface area contributed by atoms with Crippen LogP contribution in [0.2, 0.25) is 10.0 Å². The minimum absolute atomic E-state index is 0.238. The van der Waals surface area contributed by atoms with Gasteiger partial charge in [0, 0.05) is 32.6 Å². The number of anilines is 1. The summed E-state index contributed by atoms with van der Waals surface area (Å²) in [6.07, 6.45) is 0. The maximum absolute atomic E-state index is 12.6. The Morgan fingerprint density at radius 2 is 1.85 bits per heavy atom. The van der Waals surface area contributed by atoms with E-state index in [1.165, 1.54) is 11.3 Å². The third kappa shape index (κ3) is 3.81. The summed E-state index contributed by atoms with van der Waals surface area (Å²) < 4.78 is 0. The summed E-state index contributed by atoms with van der Waals surface area (Å²) in [4.78, 5) is 21.5. The molecule has 4 aromatic rings. The van der Waals surface area contributed by atoms with Crippen LogP contribution in [-0.4, -0.2) is 15.9 Å². The second-order valence-corrected chi connectivity index (χ2v) is 7.68. The Balaban J connectivity index is 1.58. The molecule has 0 aliphatic heterocycles. The predicted molar refractivity (Wildman–Crippen MR) is 112 cm³/mol. The highest BCUT2D eigenvalue weighted by Gasteiger charge is 2.13.